The molecule has 3 rings (SSSR count). The van der Waals surface area contributed by atoms with Crippen LogP contribution in [0.15, 0.2) is 85.1 Å². The van der Waals surface area contributed by atoms with E-state index in [4.69, 9.17) is 28.4 Å². The molecule has 3 heterocycles. The van der Waals surface area contributed by atoms with Crippen molar-refractivity contribution >= 4 is 5.91 Å². The minimum atomic E-state index is -1.98. The lowest BCUT2D eigenvalue weighted by atomic mass is 9.96. The van der Waals surface area contributed by atoms with Gasteiger partial charge in [0.15, 0.2) is 18.9 Å². The number of rotatable bonds is 39. The summed E-state index contributed by atoms with van der Waals surface area (Å²) in [6, 6.07) is -0.998. The van der Waals surface area contributed by atoms with E-state index in [-0.39, 0.29) is 18.9 Å². The first-order valence-electron chi connectivity index (χ1n) is 28.3. The van der Waals surface area contributed by atoms with Crippen LogP contribution in [-0.2, 0) is 33.2 Å². The zero-order chi connectivity index (χ0) is 56.2. The van der Waals surface area contributed by atoms with Gasteiger partial charge < -0.3 is 89.9 Å². The molecule has 3 fully saturated rings. The lowest BCUT2D eigenvalue weighted by Gasteiger charge is -2.48. The van der Waals surface area contributed by atoms with Gasteiger partial charge in [0.25, 0.3) is 0 Å². The number of carbonyl (C=O) groups is 1. The number of aliphatic hydroxyl groups excluding tert-OH is 11. The minimum absolute atomic E-state index is 0.217. The number of hydrogen-bond donors (Lipinski definition) is 12. The van der Waals surface area contributed by atoms with Gasteiger partial charge in [-0.15, -0.1) is 0 Å². The van der Waals surface area contributed by atoms with Gasteiger partial charge in [-0.2, -0.15) is 0 Å². The maximum Gasteiger partial charge on any atom is 0.220 e. The number of nitrogens with one attached hydrogen (secondary N) is 1. The van der Waals surface area contributed by atoms with Crippen molar-refractivity contribution in [2.45, 2.75) is 247 Å². The Hall–Kier alpha value is -3.03. The highest BCUT2D eigenvalue weighted by Gasteiger charge is 2.53. The van der Waals surface area contributed by atoms with Crippen LogP contribution >= 0.6 is 0 Å². The molecule has 19 heteroatoms. The average molecular weight is 1100 g/mol. The van der Waals surface area contributed by atoms with Crippen molar-refractivity contribution in [3.63, 3.8) is 0 Å². The predicted molar refractivity (Wildman–Crippen MR) is 291 cm³/mol. The van der Waals surface area contributed by atoms with E-state index in [1.165, 1.54) is 6.42 Å². The molecule has 3 aliphatic rings. The molecule has 19 nitrogen and oxygen atoms in total. The van der Waals surface area contributed by atoms with E-state index in [0.29, 0.717) is 12.8 Å². The number of carbonyl (C=O) groups excluding carboxylic acids is 1. The molecule has 17 unspecified atom stereocenters. The van der Waals surface area contributed by atoms with Crippen molar-refractivity contribution < 1.29 is 89.4 Å². The fourth-order valence-corrected chi connectivity index (χ4v) is 8.99. The zero-order valence-corrected chi connectivity index (χ0v) is 45.6. The summed E-state index contributed by atoms with van der Waals surface area (Å²) < 4.78 is 34.1. The summed E-state index contributed by atoms with van der Waals surface area (Å²) in [4.78, 5) is 13.3. The predicted octanol–water partition coefficient (Wildman–Crippen LogP) is 4.03. The Balaban J connectivity index is 1.48. The van der Waals surface area contributed by atoms with Crippen LogP contribution in [0.2, 0.25) is 0 Å². The number of hydrogen-bond acceptors (Lipinski definition) is 18. The molecule has 442 valence electrons. The SMILES string of the molecule is CC/C=C\C/C=C\C/C=C\C/C=C\C/C=C\CCCCCCCCCC(=O)NC(COC1OC(CO)C(OC2OC(CO)C(OC3OC(CO)C(O)C(O)C3O)C(O)C2O)C(O)C1O)C(O)/C=C/CC/C=C/CCCCC. The highest BCUT2D eigenvalue weighted by molar-refractivity contribution is 5.76. The van der Waals surface area contributed by atoms with Crippen molar-refractivity contribution in [2.24, 2.45) is 0 Å². The number of allylic oxidation sites excluding steroid dienone is 13. The molecule has 0 aliphatic carbocycles. The molecule has 1 amide bonds. The summed E-state index contributed by atoms with van der Waals surface area (Å²) in [5, 5.41) is 120. The molecule has 0 aromatic rings. The van der Waals surface area contributed by atoms with Crippen molar-refractivity contribution in [2.75, 3.05) is 26.4 Å². The zero-order valence-electron chi connectivity index (χ0n) is 45.6. The smallest absolute Gasteiger partial charge is 0.220 e. The van der Waals surface area contributed by atoms with E-state index in [1.54, 1.807) is 6.08 Å². The summed E-state index contributed by atoms with van der Waals surface area (Å²) in [6.07, 6.45) is 21.7. The van der Waals surface area contributed by atoms with Crippen LogP contribution in [0.4, 0.5) is 0 Å². The molecule has 0 spiro atoms. The summed E-state index contributed by atoms with van der Waals surface area (Å²) in [5.74, 6) is -0.305. The molecular weight excluding hydrogens is 999 g/mol. The first kappa shape index (κ1) is 68.2. The highest BCUT2D eigenvalue weighted by atomic mass is 16.8. The number of amides is 1. The van der Waals surface area contributed by atoms with E-state index in [1.807, 2.05) is 6.08 Å². The molecular formula is C58H97NO18. The van der Waals surface area contributed by atoms with E-state index in [9.17, 15) is 61.0 Å². The Bertz CT molecular complexity index is 1740. The Kier molecular flexibility index (Phi) is 36.4. The largest absolute Gasteiger partial charge is 0.394 e. The second kappa shape index (κ2) is 41.0. The van der Waals surface area contributed by atoms with Crippen molar-refractivity contribution in [1.82, 2.24) is 5.32 Å². The molecule has 0 bridgehead atoms. The lowest BCUT2D eigenvalue weighted by molar-refractivity contribution is -0.379. The van der Waals surface area contributed by atoms with E-state index in [2.05, 4.69) is 92.1 Å². The lowest BCUT2D eigenvalue weighted by Crippen LogP contribution is -2.66. The van der Waals surface area contributed by atoms with Crippen molar-refractivity contribution in [1.29, 1.82) is 0 Å². The molecule has 3 aliphatic heterocycles. The average Bonchev–Trinajstić information content (AvgIpc) is 3.43. The van der Waals surface area contributed by atoms with Crippen molar-refractivity contribution in [3.8, 4) is 0 Å². The van der Waals surface area contributed by atoms with Crippen LogP contribution in [0.25, 0.3) is 0 Å². The van der Waals surface area contributed by atoms with Gasteiger partial charge in [-0.3, -0.25) is 4.79 Å². The van der Waals surface area contributed by atoms with Gasteiger partial charge >= 0.3 is 0 Å². The Morgan fingerprint density at radius 2 is 0.909 bits per heavy atom. The van der Waals surface area contributed by atoms with Crippen LogP contribution < -0.4 is 5.32 Å². The first-order valence-corrected chi connectivity index (χ1v) is 28.3. The quantitative estimate of drug-likeness (QED) is 0.0305. The van der Waals surface area contributed by atoms with Gasteiger partial charge in [-0.1, -0.05) is 144 Å². The number of unbranched alkanes of at least 4 members (excludes halogenated alkanes) is 11. The second-order valence-corrected chi connectivity index (χ2v) is 20.0. The van der Waals surface area contributed by atoms with Crippen molar-refractivity contribution in [3.05, 3.63) is 85.1 Å². The maximum atomic E-state index is 13.3. The molecule has 0 aromatic heterocycles. The second-order valence-electron chi connectivity index (χ2n) is 20.0. The number of ether oxygens (including phenoxy) is 6. The van der Waals surface area contributed by atoms with E-state index in [0.717, 1.165) is 103 Å². The highest BCUT2D eigenvalue weighted by Crippen LogP contribution is 2.33. The van der Waals surface area contributed by atoms with Gasteiger partial charge in [0.05, 0.1) is 38.6 Å². The third-order valence-electron chi connectivity index (χ3n) is 13.7. The topological polar surface area (TPSA) is 307 Å². The van der Waals surface area contributed by atoms with Crippen LogP contribution in [-0.4, -0.2) is 193 Å². The summed E-state index contributed by atoms with van der Waals surface area (Å²) >= 11 is 0. The molecule has 0 saturated carbocycles. The molecule has 12 N–H and O–H groups in total. The van der Waals surface area contributed by atoms with E-state index >= 15 is 0 Å². The normalized spacial score (nSPS) is 31.4. The van der Waals surface area contributed by atoms with Gasteiger partial charge in [-0.25, -0.2) is 0 Å². The Morgan fingerprint density at radius 1 is 0.481 bits per heavy atom. The van der Waals surface area contributed by atoms with E-state index < -0.39 is 124 Å². The molecule has 0 aromatic carbocycles. The summed E-state index contributed by atoms with van der Waals surface area (Å²) in [7, 11) is 0. The maximum absolute atomic E-state index is 13.3. The summed E-state index contributed by atoms with van der Waals surface area (Å²) in [5.41, 5.74) is 0. The molecule has 17 atom stereocenters. The monoisotopic (exact) mass is 1100 g/mol. The molecule has 3 saturated heterocycles. The fourth-order valence-electron chi connectivity index (χ4n) is 8.99. The van der Waals surface area contributed by atoms with Crippen LogP contribution in [0.1, 0.15) is 142 Å². The third kappa shape index (κ3) is 25.5. The standard InChI is InChI=1S/C58H97NO18/c1-3-5-7-9-11-13-14-15-16-17-18-19-20-21-22-23-24-25-26-28-30-32-34-36-46(64)59-41(42(63)35-33-31-29-27-12-10-8-6-4-2)40-72-56-52(70)49(67)54(44(38-61)74-56)77-58-53(71)50(68)55(45(39-62)75-58)76-57-51(69)48(66)47(65)43(37-60)73-57/h5,7,11-13,15-16,18-19,21-22,27,33,35,41-45,47-58,60-63,65-71H,3-4,6,8-10,14,17,20,23-26,28-32,34,36-40H2,1-2H3,(H,59,64)/b7-5-,13-11-,16-15-,19-18-,22-21-,27-12+,35-33+. The third-order valence-corrected chi connectivity index (χ3v) is 13.7. The van der Waals surface area contributed by atoms with Gasteiger partial charge in [0.2, 0.25) is 5.91 Å². The Morgan fingerprint density at radius 3 is 1.45 bits per heavy atom. The van der Waals surface area contributed by atoms with Crippen LogP contribution in [0.5, 0.6) is 0 Å². The van der Waals surface area contributed by atoms with Gasteiger partial charge in [0.1, 0.15) is 73.2 Å². The molecule has 0 radical (unpaired) electrons. The molecule has 77 heavy (non-hydrogen) atoms. The fraction of sp³-hybridized carbons (Fsp3) is 0.741. The minimum Gasteiger partial charge on any atom is -0.394 e. The van der Waals surface area contributed by atoms with Crippen LogP contribution in [0, 0.1) is 0 Å². The van der Waals surface area contributed by atoms with Crippen LogP contribution in [0.3, 0.4) is 0 Å². The first-order chi connectivity index (χ1) is 37.3. The summed E-state index contributed by atoms with van der Waals surface area (Å²) in [6.45, 7) is 1.48. The number of aliphatic hydroxyl groups is 11. The van der Waals surface area contributed by atoms with Gasteiger partial charge in [0, 0.05) is 6.42 Å². The van der Waals surface area contributed by atoms with Gasteiger partial charge in [-0.05, 0) is 77.0 Å². The Labute approximate surface area is 457 Å².